The van der Waals surface area contributed by atoms with Crippen LogP contribution in [-0.2, 0) is 0 Å². The van der Waals surface area contributed by atoms with Gasteiger partial charge in [-0.25, -0.2) is 9.97 Å². The molecule has 1 unspecified atom stereocenters. The van der Waals surface area contributed by atoms with Crippen LogP contribution in [0.1, 0.15) is 23.3 Å². The summed E-state index contributed by atoms with van der Waals surface area (Å²) >= 11 is 0. The second kappa shape index (κ2) is 8.20. The lowest BCUT2D eigenvalue weighted by molar-refractivity contribution is 0.0994. The summed E-state index contributed by atoms with van der Waals surface area (Å²) in [4.78, 5) is 21.3. The molecule has 0 aliphatic carbocycles. The van der Waals surface area contributed by atoms with E-state index in [0.29, 0.717) is 17.2 Å². The Hall–Kier alpha value is -3.71. The van der Waals surface area contributed by atoms with Gasteiger partial charge in [0.05, 0.1) is 11.9 Å². The van der Waals surface area contributed by atoms with Crippen molar-refractivity contribution < 1.29 is 4.79 Å². The molecule has 7 nitrogen and oxygen atoms in total. The van der Waals surface area contributed by atoms with Gasteiger partial charge in [-0.2, -0.15) is 0 Å². The molecule has 156 valence electrons. The zero-order valence-corrected chi connectivity index (χ0v) is 17.1. The van der Waals surface area contributed by atoms with Crippen molar-refractivity contribution >= 4 is 17.4 Å². The van der Waals surface area contributed by atoms with E-state index in [-0.39, 0.29) is 6.04 Å². The summed E-state index contributed by atoms with van der Waals surface area (Å²) in [6.07, 6.45) is 5.54. The number of carbonyl (C=O) groups excluding carboxylic acids is 1. The summed E-state index contributed by atoms with van der Waals surface area (Å²) < 4.78 is 1.73. The highest BCUT2D eigenvalue weighted by Crippen LogP contribution is 2.28. The van der Waals surface area contributed by atoms with E-state index >= 15 is 0 Å². The number of amides is 1. The Balaban J connectivity index is 1.58. The third-order valence-electron chi connectivity index (χ3n) is 5.65. The fraction of sp³-hybridized carbons (Fsp3) is 0.208. The van der Waals surface area contributed by atoms with Gasteiger partial charge in [0.15, 0.2) is 11.5 Å². The highest BCUT2D eigenvalue weighted by atomic mass is 16.1. The standard InChI is InChI=1S/C24H24N6O/c25-22(31)21-14-27-23(28-19-10-5-11-26-13-19)24-29-20(15-30(21)24)18-9-4-8-17(12-18)16-6-2-1-3-7-16/h1-4,6-9,12,14-15,19,26H,5,10-11,13H2,(H2,25,31)(H,27,28). The molecule has 4 N–H and O–H groups in total. The number of hydrogen-bond donors (Lipinski definition) is 3. The quantitative estimate of drug-likeness (QED) is 0.467. The third kappa shape index (κ3) is 3.87. The number of anilines is 1. The second-order valence-electron chi connectivity index (χ2n) is 7.81. The highest BCUT2D eigenvalue weighted by Gasteiger charge is 2.19. The minimum atomic E-state index is -0.537. The van der Waals surface area contributed by atoms with Crippen molar-refractivity contribution in [3.63, 3.8) is 0 Å². The van der Waals surface area contributed by atoms with Crippen molar-refractivity contribution in [1.29, 1.82) is 0 Å². The Bertz CT molecular complexity index is 1230. The minimum Gasteiger partial charge on any atom is -0.364 e. The van der Waals surface area contributed by atoms with E-state index < -0.39 is 5.91 Å². The Morgan fingerprint density at radius 1 is 1.10 bits per heavy atom. The van der Waals surface area contributed by atoms with Crippen molar-refractivity contribution in [3.05, 3.63) is 72.7 Å². The number of fused-ring (bicyclic) bond motifs is 1. The third-order valence-corrected chi connectivity index (χ3v) is 5.65. The van der Waals surface area contributed by atoms with Gasteiger partial charge >= 0.3 is 0 Å². The van der Waals surface area contributed by atoms with Gasteiger partial charge in [-0.05, 0) is 36.6 Å². The number of benzene rings is 2. The molecule has 1 fully saturated rings. The lowest BCUT2D eigenvalue weighted by Crippen LogP contribution is -2.38. The lowest BCUT2D eigenvalue weighted by atomic mass is 10.0. The molecule has 5 rings (SSSR count). The Kier molecular flexibility index (Phi) is 5.09. The summed E-state index contributed by atoms with van der Waals surface area (Å²) in [6.45, 7) is 1.91. The molecule has 4 aromatic rings. The van der Waals surface area contributed by atoms with E-state index in [2.05, 4.69) is 39.9 Å². The fourth-order valence-electron chi connectivity index (χ4n) is 4.06. The molecule has 0 radical (unpaired) electrons. The summed E-state index contributed by atoms with van der Waals surface area (Å²) in [5, 5.41) is 6.88. The van der Waals surface area contributed by atoms with E-state index in [0.717, 1.165) is 48.3 Å². The van der Waals surface area contributed by atoms with Gasteiger partial charge in [-0.1, -0.05) is 48.5 Å². The lowest BCUT2D eigenvalue weighted by Gasteiger charge is -2.24. The topological polar surface area (TPSA) is 97.3 Å². The number of primary amides is 1. The van der Waals surface area contributed by atoms with Crippen LogP contribution in [0.25, 0.3) is 28.0 Å². The first-order valence-electron chi connectivity index (χ1n) is 10.5. The van der Waals surface area contributed by atoms with E-state index in [1.54, 1.807) is 4.40 Å². The number of carbonyl (C=O) groups is 1. The Labute approximate surface area is 180 Å². The molecular formula is C24H24N6O. The van der Waals surface area contributed by atoms with Crippen molar-refractivity contribution in [3.8, 4) is 22.4 Å². The summed E-state index contributed by atoms with van der Waals surface area (Å²) in [7, 11) is 0. The van der Waals surface area contributed by atoms with E-state index in [1.165, 1.54) is 6.20 Å². The monoisotopic (exact) mass is 412 g/mol. The molecule has 1 atom stereocenters. The van der Waals surface area contributed by atoms with Crippen LogP contribution >= 0.6 is 0 Å². The van der Waals surface area contributed by atoms with E-state index in [4.69, 9.17) is 10.7 Å². The van der Waals surface area contributed by atoms with Crippen LogP contribution in [0, 0.1) is 0 Å². The number of piperidine rings is 1. The first kappa shape index (κ1) is 19.3. The fourth-order valence-corrected chi connectivity index (χ4v) is 4.06. The molecule has 3 heterocycles. The van der Waals surface area contributed by atoms with Gasteiger partial charge in [-0.15, -0.1) is 0 Å². The van der Waals surface area contributed by atoms with Crippen LogP contribution in [0.2, 0.25) is 0 Å². The summed E-state index contributed by atoms with van der Waals surface area (Å²) in [6, 6.07) is 18.7. The summed E-state index contributed by atoms with van der Waals surface area (Å²) in [5.41, 5.74) is 10.5. The molecule has 0 spiro atoms. The molecule has 0 bridgehead atoms. The molecule has 31 heavy (non-hydrogen) atoms. The van der Waals surface area contributed by atoms with Gasteiger partial charge in [0.2, 0.25) is 0 Å². The van der Waals surface area contributed by atoms with E-state index in [1.807, 2.05) is 36.5 Å². The van der Waals surface area contributed by atoms with Gasteiger partial charge in [-0.3, -0.25) is 9.20 Å². The van der Waals surface area contributed by atoms with Crippen LogP contribution in [0.3, 0.4) is 0 Å². The predicted molar refractivity (Wildman–Crippen MR) is 122 cm³/mol. The molecule has 1 saturated heterocycles. The van der Waals surface area contributed by atoms with Crippen molar-refractivity contribution in [2.45, 2.75) is 18.9 Å². The molecule has 1 amide bonds. The largest absolute Gasteiger partial charge is 0.364 e. The zero-order chi connectivity index (χ0) is 21.2. The first-order valence-corrected chi connectivity index (χ1v) is 10.5. The number of aromatic nitrogens is 3. The molecular weight excluding hydrogens is 388 g/mol. The maximum absolute atomic E-state index is 12.0. The van der Waals surface area contributed by atoms with Crippen LogP contribution < -0.4 is 16.4 Å². The van der Waals surface area contributed by atoms with E-state index in [9.17, 15) is 4.79 Å². The molecule has 2 aromatic carbocycles. The van der Waals surface area contributed by atoms with Crippen molar-refractivity contribution in [2.75, 3.05) is 18.4 Å². The Morgan fingerprint density at radius 2 is 1.90 bits per heavy atom. The Morgan fingerprint density at radius 3 is 2.68 bits per heavy atom. The number of imidazole rings is 1. The number of nitrogens with zero attached hydrogens (tertiary/aromatic N) is 3. The predicted octanol–water partition coefficient (Wildman–Crippen LogP) is 3.33. The number of rotatable bonds is 5. The smallest absolute Gasteiger partial charge is 0.267 e. The normalized spacial score (nSPS) is 16.3. The van der Waals surface area contributed by atoms with Gasteiger partial charge in [0.1, 0.15) is 5.69 Å². The highest BCUT2D eigenvalue weighted by molar-refractivity contribution is 5.92. The average Bonchev–Trinajstić information content (AvgIpc) is 3.26. The molecule has 1 aliphatic heterocycles. The molecule has 2 aromatic heterocycles. The van der Waals surface area contributed by atoms with Crippen LogP contribution in [-0.4, -0.2) is 39.4 Å². The summed E-state index contributed by atoms with van der Waals surface area (Å²) in [5.74, 6) is 0.120. The maximum atomic E-state index is 12.0. The second-order valence-corrected chi connectivity index (χ2v) is 7.81. The first-order chi connectivity index (χ1) is 15.2. The molecule has 1 aliphatic rings. The number of nitrogens with one attached hydrogen (secondary N) is 2. The molecule has 7 heteroatoms. The van der Waals surface area contributed by atoms with Crippen LogP contribution in [0.5, 0.6) is 0 Å². The SMILES string of the molecule is NC(=O)c1cnc(NC2CCCNC2)c2nc(-c3cccc(-c4ccccc4)c3)cn12. The van der Waals surface area contributed by atoms with Gasteiger partial charge in [0.25, 0.3) is 5.91 Å². The minimum absolute atomic E-state index is 0.269. The van der Waals surface area contributed by atoms with Gasteiger partial charge in [0, 0.05) is 24.3 Å². The number of hydrogen-bond acceptors (Lipinski definition) is 5. The van der Waals surface area contributed by atoms with Gasteiger partial charge < -0.3 is 16.4 Å². The van der Waals surface area contributed by atoms with Crippen molar-refractivity contribution in [1.82, 2.24) is 19.7 Å². The number of nitrogens with two attached hydrogens (primary N) is 1. The van der Waals surface area contributed by atoms with Crippen LogP contribution in [0.15, 0.2) is 67.0 Å². The van der Waals surface area contributed by atoms with Crippen molar-refractivity contribution in [2.24, 2.45) is 5.73 Å². The molecule has 0 saturated carbocycles. The maximum Gasteiger partial charge on any atom is 0.267 e. The van der Waals surface area contributed by atoms with Crippen LogP contribution in [0.4, 0.5) is 5.82 Å². The average molecular weight is 412 g/mol. The zero-order valence-electron chi connectivity index (χ0n) is 17.1.